The molecule has 0 fully saturated rings. The second kappa shape index (κ2) is 31.4. The number of likely N-dealkylation sites (N-methyl/N-ethyl adjacent to an activating group) is 2. The maximum atomic E-state index is 14.2. The van der Waals surface area contributed by atoms with Gasteiger partial charge in [-0.2, -0.15) is 0 Å². The van der Waals surface area contributed by atoms with Gasteiger partial charge in [0, 0.05) is 112 Å². The molecule has 0 bridgehead atoms. The summed E-state index contributed by atoms with van der Waals surface area (Å²) in [6.45, 7) is 12.0. The Labute approximate surface area is 569 Å². The van der Waals surface area contributed by atoms with Gasteiger partial charge in [0.2, 0.25) is 35.1 Å². The molecule has 7 amide bonds. The number of halogens is 1. The predicted octanol–water partition coefficient (Wildman–Crippen LogP) is 5.49. The lowest BCUT2D eigenvalue weighted by atomic mass is 9.85. The number of ether oxygens (including phenoxy) is 5. The number of aromatic hydroxyl groups is 1. The van der Waals surface area contributed by atoms with Crippen LogP contribution in [-0.2, 0) is 97.3 Å². The second-order valence-corrected chi connectivity index (χ2v) is 25.6. The van der Waals surface area contributed by atoms with Gasteiger partial charge in [-0.15, -0.1) is 0 Å². The highest BCUT2D eigenvalue weighted by Crippen LogP contribution is 2.44. The molecule has 7 heterocycles. The van der Waals surface area contributed by atoms with Gasteiger partial charge in [-0.05, 0) is 92.3 Å². The van der Waals surface area contributed by atoms with Crippen LogP contribution in [0.15, 0.2) is 71.7 Å². The molecule has 2 aromatic carbocycles. The third-order valence-corrected chi connectivity index (χ3v) is 19.0. The van der Waals surface area contributed by atoms with Crippen molar-refractivity contribution in [3.05, 3.63) is 116 Å². The smallest absolute Gasteiger partial charge is 0.411 e. The second-order valence-electron chi connectivity index (χ2n) is 24.4. The van der Waals surface area contributed by atoms with Crippen molar-refractivity contribution in [2.24, 2.45) is 5.92 Å². The standard InChI is InChI=1S/C67H84IN13O15/c1-11-44-46-32-43(82)19-20-50(46)74-57-47(44)34-81-51(57)33-49-48(63(81)88)37-94-64(89)67(49,12-2)96-66(91)77(8)27-26-76(7)65(90)95-36-41-15-17-42(18-16-41)73-61(86)40(6)72-62(87)56(38(3)4)75-54(84)22-28-92-30-31-93-29-24-70-60(85)39(5)71-53(83)21-25-80-52-35-78(9)79(10)58(68)55(52)45-14-13-23-69-59(45)80/h13-20,23,32-33,38-40,56,58,82H,11-12,21-22,24-31,34-37H2,1-10H3,(H,70,85)(H,71,83)(H,72,87)(H,73,86)(H,75,84)/t39-,40-,56-,58?,67-/m0/s1. The third-order valence-electron chi connectivity index (χ3n) is 17.5. The number of carbonyl (C=O) groups is 8. The Bertz CT molecular complexity index is 3990. The number of hydrogen-bond acceptors (Lipinski definition) is 19. The number of phenols is 1. The fourth-order valence-corrected chi connectivity index (χ4v) is 13.0. The monoisotopic (exact) mass is 1440 g/mol. The molecule has 0 spiro atoms. The lowest BCUT2D eigenvalue weighted by Gasteiger charge is -2.37. The van der Waals surface area contributed by atoms with Crippen LogP contribution >= 0.6 is 22.6 Å². The number of phenolic OH excluding ortho intramolecular Hbond substituents is 1. The number of esters is 1. The van der Waals surface area contributed by atoms with Crippen molar-refractivity contribution in [2.75, 3.05) is 79.6 Å². The van der Waals surface area contributed by atoms with Crippen LogP contribution in [0.3, 0.4) is 0 Å². The van der Waals surface area contributed by atoms with Gasteiger partial charge in [-0.3, -0.25) is 28.8 Å². The Kier molecular flexibility index (Phi) is 23.4. The molecule has 0 saturated heterocycles. The van der Waals surface area contributed by atoms with Crippen molar-refractivity contribution in [1.29, 1.82) is 0 Å². The fraction of sp³-hybridized carbons (Fsp3) is 0.478. The van der Waals surface area contributed by atoms with Crippen molar-refractivity contribution < 1.29 is 67.1 Å². The number of aromatic nitrogens is 4. The van der Waals surface area contributed by atoms with E-state index in [1.807, 2.05) is 27.1 Å². The van der Waals surface area contributed by atoms with Crippen LogP contribution in [0, 0.1) is 5.92 Å². The maximum Gasteiger partial charge on any atom is 0.411 e. The Balaban J connectivity index is 0.637. The molecule has 9 rings (SSSR count). The van der Waals surface area contributed by atoms with Crippen molar-refractivity contribution >= 4 is 97.9 Å². The summed E-state index contributed by atoms with van der Waals surface area (Å²) in [5.41, 5.74) is 5.57. The zero-order chi connectivity index (χ0) is 69.3. The van der Waals surface area contributed by atoms with Crippen molar-refractivity contribution in [3.63, 3.8) is 0 Å². The van der Waals surface area contributed by atoms with E-state index in [2.05, 4.69) is 74.8 Å². The lowest BCUT2D eigenvalue weighted by Crippen LogP contribution is -2.53. The van der Waals surface area contributed by atoms with Gasteiger partial charge in [0.1, 0.15) is 46.8 Å². The summed E-state index contributed by atoms with van der Waals surface area (Å²) < 4.78 is 32.0. The lowest BCUT2D eigenvalue weighted by molar-refractivity contribution is -0.173. The van der Waals surface area contributed by atoms with Gasteiger partial charge in [0.05, 0.1) is 62.0 Å². The van der Waals surface area contributed by atoms with Crippen LogP contribution in [0.5, 0.6) is 5.75 Å². The molecule has 29 heteroatoms. The van der Waals surface area contributed by atoms with Gasteiger partial charge >= 0.3 is 18.2 Å². The number of aryl methyl sites for hydroxylation is 2. The summed E-state index contributed by atoms with van der Waals surface area (Å²) in [5.74, 6) is -3.18. The first-order valence-electron chi connectivity index (χ1n) is 32.0. The number of nitrogens with zero attached hydrogens (tertiary/aromatic N) is 8. The normalized spacial score (nSPS) is 16.7. The molecule has 1 unspecified atom stereocenters. The molecular formula is C67H84IN13O15. The van der Waals surface area contributed by atoms with Crippen LogP contribution in [-0.4, -0.2) is 184 Å². The summed E-state index contributed by atoms with van der Waals surface area (Å²) in [4.78, 5) is 132. The Hall–Kier alpha value is -8.78. The topological polar surface area (TPSA) is 329 Å². The number of hydrogen-bond donors (Lipinski definition) is 6. The highest BCUT2D eigenvalue weighted by molar-refractivity contribution is 14.1. The van der Waals surface area contributed by atoms with Gasteiger partial charge in [0.15, 0.2) is 0 Å². The summed E-state index contributed by atoms with van der Waals surface area (Å²) in [7, 11) is 7.01. The number of pyridine rings is 3. The van der Waals surface area contributed by atoms with Gasteiger partial charge < -0.3 is 74.3 Å². The van der Waals surface area contributed by atoms with E-state index in [1.165, 1.54) is 36.4 Å². The van der Waals surface area contributed by atoms with Crippen LogP contribution in [0.25, 0.3) is 33.3 Å². The van der Waals surface area contributed by atoms with Crippen LogP contribution in [0.4, 0.5) is 15.3 Å². The Morgan fingerprint density at radius 3 is 2.21 bits per heavy atom. The molecule has 6 N–H and O–H groups in total. The van der Waals surface area contributed by atoms with Crippen LogP contribution in [0.1, 0.15) is 104 Å². The molecule has 0 saturated carbocycles. The predicted molar refractivity (Wildman–Crippen MR) is 362 cm³/mol. The number of fused-ring (bicyclic) bond motifs is 8. The highest BCUT2D eigenvalue weighted by Gasteiger charge is 2.51. The van der Waals surface area contributed by atoms with Crippen molar-refractivity contribution in [2.45, 2.75) is 128 Å². The molecule has 0 radical (unpaired) electrons. The first-order valence-corrected chi connectivity index (χ1v) is 33.3. The van der Waals surface area contributed by atoms with Gasteiger partial charge in [0.25, 0.3) is 5.56 Å². The van der Waals surface area contributed by atoms with Crippen molar-refractivity contribution in [1.82, 2.24) is 60.2 Å². The molecule has 96 heavy (non-hydrogen) atoms. The van der Waals surface area contributed by atoms with Gasteiger partial charge in [-0.1, -0.05) is 62.4 Å². The summed E-state index contributed by atoms with van der Waals surface area (Å²) >= 11 is 2.42. The first-order chi connectivity index (χ1) is 45.8. The SMILES string of the molecule is CCc1c2c(nc3ccc(O)cc13)-c1cc3c(c(=O)n1C2)COC(=O)[C@@]3(CC)OC(=O)N(C)CCN(C)C(=O)OCc1ccc(NC(=O)[C@H](C)NC(=O)[C@@H](NC(=O)CCOCCOCCNC(=O)[C@H](C)NC(=O)CCn2c3c(c4cccnc42)C(I)N(C)N(C)C3)C(C)C)cc1. The zero-order valence-corrected chi connectivity index (χ0v) is 57.8. The quantitative estimate of drug-likeness (QED) is 0.00882. The zero-order valence-electron chi connectivity index (χ0n) is 55.7. The molecule has 5 atom stereocenters. The number of benzene rings is 2. The van der Waals surface area contributed by atoms with Gasteiger partial charge in [-0.25, -0.2) is 34.4 Å². The number of nitrogens with one attached hydrogen (secondary N) is 5. The number of anilines is 1. The summed E-state index contributed by atoms with van der Waals surface area (Å²) in [6, 6.07) is 14.4. The number of hydrazine groups is 1. The van der Waals surface area contributed by atoms with E-state index in [-0.39, 0.29) is 124 Å². The van der Waals surface area contributed by atoms with E-state index in [4.69, 9.17) is 28.7 Å². The van der Waals surface area contributed by atoms with Crippen LogP contribution in [0.2, 0.25) is 0 Å². The molecule has 514 valence electrons. The summed E-state index contributed by atoms with van der Waals surface area (Å²) in [6.07, 6.45) is 0.831. The Morgan fingerprint density at radius 2 is 1.50 bits per heavy atom. The minimum absolute atomic E-state index is 0.00891. The highest BCUT2D eigenvalue weighted by atomic mass is 127. The number of amides is 7. The molecular weight excluding hydrogens is 1350 g/mol. The molecule has 4 aromatic heterocycles. The third kappa shape index (κ3) is 15.9. The van der Waals surface area contributed by atoms with Crippen LogP contribution < -0.4 is 32.1 Å². The van der Waals surface area contributed by atoms with E-state index in [0.29, 0.717) is 47.7 Å². The number of rotatable bonds is 28. The van der Waals surface area contributed by atoms with E-state index in [0.717, 1.165) is 33.2 Å². The van der Waals surface area contributed by atoms with E-state index in [1.54, 1.807) is 87.0 Å². The van der Waals surface area contributed by atoms with E-state index >= 15 is 0 Å². The Morgan fingerprint density at radius 1 is 0.802 bits per heavy atom. The van der Waals surface area contributed by atoms with E-state index in [9.17, 15) is 48.3 Å². The maximum absolute atomic E-state index is 14.2. The number of alkyl halides is 1. The summed E-state index contributed by atoms with van der Waals surface area (Å²) in [5, 5.41) is 30.1. The number of cyclic esters (lactones) is 1. The van der Waals surface area contributed by atoms with Crippen molar-refractivity contribution in [3.8, 4) is 17.1 Å². The molecule has 6 aromatic rings. The molecule has 0 aliphatic carbocycles. The minimum atomic E-state index is -1.96. The minimum Gasteiger partial charge on any atom is -0.508 e. The average molecular weight is 1440 g/mol. The first kappa shape index (κ1) is 71.5. The molecule has 28 nitrogen and oxygen atoms in total. The largest absolute Gasteiger partial charge is 0.508 e. The molecule has 3 aliphatic rings. The molecule has 3 aliphatic heterocycles. The van der Waals surface area contributed by atoms with E-state index < -0.39 is 65.2 Å². The average Bonchev–Trinajstić information content (AvgIpc) is 1.45. The number of carbonyl (C=O) groups excluding carboxylic acids is 8. The fourth-order valence-electron chi connectivity index (χ4n) is 11.9.